The van der Waals surface area contributed by atoms with Crippen LogP contribution in [-0.4, -0.2) is 17.2 Å². The minimum atomic E-state index is -0.756. The highest BCUT2D eigenvalue weighted by atomic mass is 79.9. The van der Waals surface area contributed by atoms with Gasteiger partial charge in [-0.3, -0.25) is 0 Å². The highest BCUT2D eigenvalue weighted by molar-refractivity contribution is 9.10. The smallest absolute Gasteiger partial charge is 0.320 e. The van der Waals surface area contributed by atoms with Gasteiger partial charge in [-0.05, 0) is 36.0 Å². The Kier molecular flexibility index (Phi) is 4.11. The zero-order valence-electron chi connectivity index (χ0n) is 10.2. The van der Waals surface area contributed by atoms with Crippen LogP contribution < -0.4 is 10.6 Å². The molecular weight excluding hydrogens is 322 g/mol. The molecule has 1 aromatic heterocycles. The average molecular weight is 333 g/mol. The number of halogens is 3. The fraction of sp³-hybridized carbons (Fsp3) is 0.273. The van der Waals surface area contributed by atoms with Gasteiger partial charge in [-0.1, -0.05) is 5.10 Å². The number of rotatable bonds is 4. The van der Waals surface area contributed by atoms with Crippen molar-refractivity contribution in [3.05, 3.63) is 34.1 Å². The van der Waals surface area contributed by atoms with Gasteiger partial charge in [0.2, 0.25) is 5.89 Å². The van der Waals surface area contributed by atoms with E-state index in [1.807, 2.05) is 6.92 Å². The van der Waals surface area contributed by atoms with Crippen LogP contribution >= 0.6 is 15.9 Å². The van der Waals surface area contributed by atoms with Crippen molar-refractivity contribution in [2.45, 2.75) is 13.0 Å². The molecule has 0 radical (unpaired) electrons. The molecule has 0 aliphatic rings. The Morgan fingerprint density at radius 2 is 2.05 bits per heavy atom. The molecule has 0 bridgehead atoms. The van der Waals surface area contributed by atoms with Gasteiger partial charge in [-0.2, -0.15) is 0 Å². The summed E-state index contributed by atoms with van der Waals surface area (Å²) in [6.45, 7) is 1.84. The maximum Gasteiger partial charge on any atom is 0.320 e. The Bertz CT molecular complexity index is 567. The lowest BCUT2D eigenvalue weighted by atomic mass is 10.3. The van der Waals surface area contributed by atoms with Crippen molar-refractivity contribution in [3.8, 4) is 0 Å². The highest BCUT2D eigenvalue weighted by Gasteiger charge is 2.15. The normalized spacial score (nSPS) is 12.5. The van der Waals surface area contributed by atoms with Gasteiger partial charge in [0, 0.05) is 10.5 Å². The number of benzene rings is 1. The van der Waals surface area contributed by atoms with Gasteiger partial charge in [0.25, 0.3) is 0 Å². The Morgan fingerprint density at radius 1 is 1.32 bits per heavy atom. The van der Waals surface area contributed by atoms with Crippen LogP contribution in [0.1, 0.15) is 18.9 Å². The molecule has 0 spiro atoms. The van der Waals surface area contributed by atoms with E-state index < -0.39 is 11.6 Å². The molecule has 102 valence electrons. The summed E-state index contributed by atoms with van der Waals surface area (Å²) in [6.07, 6.45) is 0. The Labute approximate surface area is 116 Å². The van der Waals surface area contributed by atoms with Gasteiger partial charge in [0.15, 0.2) is 5.82 Å². The van der Waals surface area contributed by atoms with E-state index in [2.05, 4.69) is 36.8 Å². The van der Waals surface area contributed by atoms with Crippen molar-refractivity contribution in [1.82, 2.24) is 15.5 Å². The number of hydrogen-bond acceptors (Lipinski definition) is 5. The first-order valence-corrected chi connectivity index (χ1v) is 6.22. The second-order valence-corrected chi connectivity index (χ2v) is 4.68. The third kappa shape index (κ3) is 3.07. The Morgan fingerprint density at radius 3 is 2.68 bits per heavy atom. The lowest BCUT2D eigenvalue weighted by Gasteiger charge is -2.06. The van der Waals surface area contributed by atoms with Gasteiger partial charge < -0.3 is 15.1 Å². The maximum atomic E-state index is 13.6. The molecule has 0 saturated carbocycles. The molecular formula is C11H11BrF2N4O. The van der Waals surface area contributed by atoms with Crippen LogP contribution in [0.15, 0.2) is 21.0 Å². The fourth-order valence-electron chi connectivity index (χ4n) is 1.35. The third-order valence-corrected chi connectivity index (χ3v) is 3.11. The SMILES string of the molecule is CNC(C)c1nnc(Nc2c(F)cc(F)cc2Br)o1. The largest absolute Gasteiger partial charge is 0.406 e. The lowest BCUT2D eigenvalue weighted by Crippen LogP contribution is -2.12. The molecule has 0 fully saturated rings. The van der Waals surface area contributed by atoms with E-state index in [0.717, 1.165) is 12.1 Å². The fourth-order valence-corrected chi connectivity index (χ4v) is 1.86. The lowest BCUT2D eigenvalue weighted by molar-refractivity contribution is 0.443. The van der Waals surface area contributed by atoms with E-state index in [9.17, 15) is 8.78 Å². The maximum absolute atomic E-state index is 13.6. The number of nitrogens with one attached hydrogen (secondary N) is 2. The van der Waals surface area contributed by atoms with Crippen molar-refractivity contribution < 1.29 is 13.2 Å². The van der Waals surface area contributed by atoms with Crippen LogP contribution in [0.25, 0.3) is 0 Å². The third-order valence-electron chi connectivity index (χ3n) is 2.48. The predicted octanol–water partition coefficient (Wildman–Crippen LogP) is 3.13. The number of hydrogen-bond donors (Lipinski definition) is 2. The van der Waals surface area contributed by atoms with E-state index >= 15 is 0 Å². The Balaban J connectivity index is 2.24. The first-order valence-electron chi connectivity index (χ1n) is 5.43. The standard InChI is InChI=1S/C11H11BrF2N4O/c1-5(15-2)10-17-18-11(19-10)16-9-7(12)3-6(13)4-8(9)14/h3-5,15H,1-2H3,(H,16,18). The molecule has 1 unspecified atom stereocenters. The molecule has 0 aliphatic carbocycles. The first-order chi connectivity index (χ1) is 9.01. The van der Waals surface area contributed by atoms with E-state index in [1.54, 1.807) is 7.05 Å². The van der Waals surface area contributed by atoms with Crippen LogP contribution in [0.3, 0.4) is 0 Å². The van der Waals surface area contributed by atoms with Gasteiger partial charge >= 0.3 is 6.01 Å². The van der Waals surface area contributed by atoms with Gasteiger partial charge in [-0.15, -0.1) is 5.10 Å². The number of nitrogens with zero attached hydrogens (tertiary/aromatic N) is 2. The minimum Gasteiger partial charge on any atom is -0.406 e. The molecule has 0 aliphatic heterocycles. The van der Waals surface area contributed by atoms with Crippen LogP contribution in [-0.2, 0) is 0 Å². The van der Waals surface area contributed by atoms with Crippen molar-refractivity contribution in [3.63, 3.8) is 0 Å². The van der Waals surface area contributed by atoms with Crippen molar-refractivity contribution in [2.75, 3.05) is 12.4 Å². The number of aromatic nitrogens is 2. The van der Waals surface area contributed by atoms with Crippen LogP contribution in [0.5, 0.6) is 0 Å². The summed E-state index contributed by atoms with van der Waals surface area (Å²) in [5, 5.41) is 13.1. The molecule has 8 heteroatoms. The van der Waals surface area contributed by atoms with Gasteiger partial charge in [0.1, 0.15) is 5.82 Å². The van der Waals surface area contributed by atoms with Crippen molar-refractivity contribution >= 4 is 27.6 Å². The van der Waals surface area contributed by atoms with Gasteiger partial charge in [0.05, 0.1) is 11.7 Å². The van der Waals surface area contributed by atoms with Crippen LogP contribution in [0.4, 0.5) is 20.5 Å². The van der Waals surface area contributed by atoms with Crippen molar-refractivity contribution in [1.29, 1.82) is 0 Å². The minimum absolute atomic E-state index is 0.0308. The summed E-state index contributed by atoms with van der Waals surface area (Å²) in [5.41, 5.74) is 0.0358. The van der Waals surface area contributed by atoms with Crippen molar-refractivity contribution in [2.24, 2.45) is 0 Å². The monoisotopic (exact) mass is 332 g/mol. The molecule has 2 aromatic rings. The molecule has 0 saturated heterocycles. The van der Waals surface area contributed by atoms with Crippen LogP contribution in [0.2, 0.25) is 0 Å². The van der Waals surface area contributed by atoms with E-state index in [4.69, 9.17) is 4.42 Å². The summed E-state index contributed by atoms with van der Waals surface area (Å²) < 4.78 is 32.1. The van der Waals surface area contributed by atoms with E-state index in [0.29, 0.717) is 5.89 Å². The van der Waals surface area contributed by atoms with E-state index in [-0.39, 0.29) is 22.2 Å². The molecule has 1 atom stereocenters. The molecule has 19 heavy (non-hydrogen) atoms. The molecule has 5 nitrogen and oxygen atoms in total. The summed E-state index contributed by atoms with van der Waals surface area (Å²) in [4.78, 5) is 0. The first kappa shape index (κ1) is 13.9. The molecule has 0 amide bonds. The highest BCUT2D eigenvalue weighted by Crippen LogP contribution is 2.29. The molecule has 1 aromatic carbocycles. The Hall–Kier alpha value is -1.54. The topological polar surface area (TPSA) is 63.0 Å². The van der Waals surface area contributed by atoms with Gasteiger partial charge in [-0.25, -0.2) is 8.78 Å². The zero-order chi connectivity index (χ0) is 14.0. The molecule has 2 rings (SSSR count). The summed E-state index contributed by atoms with van der Waals surface area (Å²) >= 11 is 3.06. The second-order valence-electron chi connectivity index (χ2n) is 3.83. The summed E-state index contributed by atoms with van der Waals surface area (Å²) in [6, 6.07) is 1.81. The van der Waals surface area contributed by atoms with Crippen LogP contribution in [0, 0.1) is 11.6 Å². The number of anilines is 2. The van der Waals surface area contributed by atoms with E-state index in [1.165, 1.54) is 0 Å². The average Bonchev–Trinajstić information content (AvgIpc) is 2.81. The quantitative estimate of drug-likeness (QED) is 0.900. The summed E-state index contributed by atoms with van der Waals surface area (Å²) in [5.74, 6) is -1.07. The predicted molar refractivity (Wildman–Crippen MR) is 69.1 cm³/mol. The summed E-state index contributed by atoms with van der Waals surface area (Å²) in [7, 11) is 1.75. The molecule has 1 heterocycles. The second kappa shape index (κ2) is 5.62. The zero-order valence-corrected chi connectivity index (χ0v) is 11.8. The molecule has 2 N–H and O–H groups in total.